The van der Waals surface area contributed by atoms with Gasteiger partial charge in [-0.25, -0.2) is 0 Å². The van der Waals surface area contributed by atoms with Gasteiger partial charge in [0.05, 0.1) is 17.6 Å². The number of nitrogens with zero attached hydrogens (tertiary/aromatic N) is 2. The lowest BCUT2D eigenvalue weighted by Crippen LogP contribution is -2.49. The molecule has 4 atom stereocenters. The Morgan fingerprint density at radius 1 is 1.24 bits per heavy atom. The lowest BCUT2D eigenvalue weighted by Gasteiger charge is -2.38. The molecule has 0 bridgehead atoms. The van der Waals surface area contributed by atoms with E-state index in [9.17, 15) is 18.0 Å². The number of fused-ring (bicyclic) bond motifs is 2. The molecular weight excluding hydrogens is 431 g/mol. The number of nitrogens with one attached hydrogen (secondary N) is 1. The Labute approximate surface area is 192 Å². The lowest BCUT2D eigenvalue weighted by atomic mass is 9.78. The maximum atomic E-state index is 13.9. The summed E-state index contributed by atoms with van der Waals surface area (Å²) in [6.07, 6.45) is 5.44. The number of halogens is 3. The van der Waals surface area contributed by atoms with Gasteiger partial charge in [-0.3, -0.25) is 9.78 Å². The van der Waals surface area contributed by atoms with Gasteiger partial charge < -0.3 is 15.0 Å². The standard InChI is InChI=1S/C25H32F3N3O2/c26-25(27,28)18-10-16-14-31(8-3-20(16)29-13-18)22(32)24-5-1-2-17(24)11-19(12-24)30-21-4-9-33-15-23(21)6-7-23/h10,13,17,19,21,30H,1-9,11-12,14-15H2/t17-,19-,21?,24-/m1/s1. The van der Waals surface area contributed by atoms with Gasteiger partial charge in [0.1, 0.15) is 0 Å². The molecular formula is C25H32F3N3O2. The van der Waals surface area contributed by atoms with Crippen LogP contribution in [0.25, 0.3) is 0 Å². The van der Waals surface area contributed by atoms with E-state index in [1.165, 1.54) is 18.9 Å². The Morgan fingerprint density at radius 3 is 2.88 bits per heavy atom. The van der Waals surface area contributed by atoms with Crippen molar-refractivity contribution in [1.82, 2.24) is 15.2 Å². The fourth-order valence-corrected chi connectivity index (χ4v) is 7.27. The Morgan fingerprint density at radius 2 is 2.09 bits per heavy atom. The molecule has 1 amide bonds. The zero-order valence-electron chi connectivity index (χ0n) is 18.9. The Bertz CT molecular complexity index is 947. The summed E-state index contributed by atoms with van der Waals surface area (Å²) in [4.78, 5) is 19.8. The number of pyridine rings is 1. The monoisotopic (exact) mass is 463 g/mol. The van der Waals surface area contributed by atoms with Crippen molar-refractivity contribution < 1.29 is 22.7 Å². The highest BCUT2D eigenvalue weighted by molar-refractivity contribution is 5.84. The van der Waals surface area contributed by atoms with Crippen molar-refractivity contribution in [3.63, 3.8) is 0 Å². The van der Waals surface area contributed by atoms with E-state index in [0.717, 1.165) is 57.9 Å². The SMILES string of the molecule is O=C(N1CCc2ncc(C(F)(F)F)cc2C1)[C@@]12CCC[C@@H]1C[C@@H](NC1CCOCC13CC3)C2. The third-order valence-corrected chi connectivity index (χ3v) is 9.23. The molecule has 3 saturated carbocycles. The molecule has 33 heavy (non-hydrogen) atoms. The fourth-order valence-electron chi connectivity index (χ4n) is 7.27. The first-order chi connectivity index (χ1) is 15.8. The average molecular weight is 464 g/mol. The predicted molar refractivity (Wildman–Crippen MR) is 115 cm³/mol. The quantitative estimate of drug-likeness (QED) is 0.734. The summed E-state index contributed by atoms with van der Waals surface area (Å²) in [5, 5.41) is 3.94. The summed E-state index contributed by atoms with van der Waals surface area (Å²) >= 11 is 0. The molecule has 8 heteroatoms. The Balaban J connectivity index is 1.18. The number of aromatic nitrogens is 1. The minimum absolute atomic E-state index is 0.158. The molecule has 0 aromatic carbocycles. The van der Waals surface area contributed by atoms with Crippen molar-refractivity contribution >= 4 is 5.91 Å². The number of carbonyl (C=O) groups is 1. The second-order valence-corrected chi connectivity index (χ2v) is 11.1. The molecule has 6 rings (SSSR count). The van der Waals surface area contributed by atoms with E-state index >= 15 is 0 Å². The first-order valence-electron chi connectivity index (χ1n) is 12.5. The summed E-state index contributed by atoms with van der Waals surface area (Å²) in [7, 11) is 0. The Hall–Kier alpha value is -1.67. The maximum Gasteiger partial charge on any atom is 0.417 e. The number of hydrogen-bond donors (Lipinski definition) is 1. The number of amides is 1. The van der Waals surface area contributed by atoms with Crippen LogP contribution < -0.4 is 5.32 Å². The maximum absolute atomic E-state index is 13.9. The molecule has 0 radical (unpaired) electrons. The van der Waals surface area contributed by atoms with Gasteiger partial charge >= 0.3 is 6.18 Å². The van der Waals surface area contributed by atoms with Crippen LogP contribution in [0.15, 0.2) is 12.3 Å². The van der Waals surface area contributed by atoms with Crippen molar-refractivity contribution in [3.8, 4) is 0 Å². The van der Waals surface area contributed by atoms with E-state index < -0.39 is 11.7 Å². The summed E-state index contributed by atoms with van der Waals surface area (Å²) < 4.78 is 45.3. The van der Waals surface area contributed by atoms with E-state index in [4.69, 9.17) is 4.74 Å². The van der Waals surface area contributed by atoms with Gasteiger partial charge in [0.15, 0.2) is 0 Å². The van der Waals surface area contributed by atoms with Gasteiger partial charge in [0.2, 0.25) is 5.91 Å². The highest BCUT2D eigenvalue weighted by Crippen LogP contribution is 2.57. The van der Waals surface area contributed by atoms with Crippen molar-refractivity contribution in [2.24, 2.45) is 16.7 Å². The van der Waals surface area contributed by atoms with Crippen LogP contribution in [-0.2, 0) is 28.7 Å². The van der Waals surface area contributed by atoms with Gasteiger partial charge in [0.25, 0.3) is 0 Å². The normalized spacial score (nSPS) is 34.9. The molecule has 1 aromatic rings. The van der Waals surface area contributed by atoms with Crippen LogP contribution in [0.1, 0.15) is 68.2 Å². The second-order valence-electron chi connectivity index (χ2n) is 11.1. The third-order valence-electron chi connectivity index (χ3n) is 9.23. The van der Waals surface area contributed by atoms with Crippen molar-refractivity contribution in [3.05, 3.63) is 29.1 Å². The summed E-state index contributed by atoms with van der Waals surface area (Å²) in [5.41, 5.74) is 0.454. The molecule has 1 spiro atoms. The van der Waals surface area contributed by atoms with Crippen LogP contribution in [0.5, 0.6) is 0 Å². The molecule has 1 aromatic heterocycles. The van der Waals surface area contributed by atoms with Crippen LogP contribution in [0.2, 0.25) is 0 Å². The van der Waals surface area contributed by atoms with Crippen LogP contribution in [0.3, 0.4) is 0 Å². The molecule has 1 saturated heterocycles. The minimum atomic E-state index is -4.42. The topological polar surface area (TPSA) is 54.5 Å². The molecule has 5 aliphatic rings. The van der Waals surface area contributed by atoms with E-state index in [2.05, 4.69) is 10.3 Å². The van der Waals surface area contributed by atoms with Crippen LogP contribution in [0, 0.1) is 16.7 Å². The summed E-state index contributed by atoms with van der Waals surface area (Å²) in [6, 6.07) is 2.01. The van der Waals surface area contributed by atoms with Gasteiger partial charge in [-0.1, -0.05) is 6.42 Å². The Kier molecular flexibility index (Phi) is 5.07. The van der Waals surface area contributed by atoms with Crippen molar-refractivity contribution in [1.29, 1.82) is 0 Å². The lowest BCUT2D eigenvalue weighted by molar-refractivity contribution is -0.144. The third kappa shape index (κ3) is 3.68. The molecule has 1 N–H and O–H groups in total. The van der Waals surface area contributed by atoms with Crippen LogP contribution in [-0.4, -0.2) is 47.6 Å². The molecule has 180 valence electrons. The van der Waals surface area contributed by atoms with Gasteiger partial charge in [-0.05, 0) is 62.5 Å². The van der Waals surface area contributed by atoms with Crippen molar-refractivity contribution in [2.45, 2.75) is 82.6 Å². The highest BCUT2D eigenvalue weighted by atomic mass is 19.4. The number of alkyl halides is 3. The fraction of sp³-hybridized carbons (Fsp3) is 0.760. The first-order valence-corrected chi connectivity index (χ1v) is 12.5. The molecule has 2 aliphatic heterocycles. The van der Waals surface area contributed by atoms with Gasteiger partial charge in [0, 0.05) is 55.5 Å². The first kappa shape index (κ1) is 21.8. The highest BCUT2D eigenvalue weighted by Gasteiger charge is 2.58. The van der Waals surface area contributed by atoms with Crippen molar-refractivity contribution in [2.75, 3.05) is 19.8 Å². The number of rotatable bonds is 3. The minimum Gasteiger partial charge on any atom is -0.381 e. The molecule has 4 fully saturated rings. The number of hydrogen-bond acceptors (Lipinski definition) is 4. The molecule has 3 aliphatic carbocycles. The largest absolute Gasteiger partial charge is 0.417 e. The summed E-state index contributed by atoms with van der Waals surface area (Å²) in [5.74, 6) is 0.531. The molecule has 1 unspecified atom stereocenters. The average Bonchev–Trinajstić information content (AvgIpc) is 3.30. The predicted octanol–water partition coefficient (Wildman–Crippen LogP) is 4.09. The van der Waals surface area contributed by atoms with E-state index in [0.29, 0.717) is 47.6 Å². The van der Waals surface area contributed by atoms with E-state index in [1.807, 2.05) is 4.90 Å². The van der Waals surface area contributed by atoms with Gasteiger partial charge in [-0.15, -0.1) is 0 Å². The van der Waals surface area contributed by atoms with Crippen LogP contribution in [0.4, 0.5) is 13.2 Å². The van der Waals surface area contributed by atoms with E-state index in [1.54, 1.807) is 0 Å². The second kappa shape index (κ2) is 7.67. The smallest absolute Gasteiger partial charge is 0.381 e. The number of carbonyl (C=O) groups excluding carboxylic acids is 1. The van der Waals surface area contributed by atoms with Gasteiger partial charge in [-0.2, -0.15) is 13.2 Å². The zero-order valence-corrected chi connectivity index (χ0v) is 18.9. The molecule has 5 nitrogen and oxygen atoms in total. The zero-order chi connectivity index (χ0) is 22.8. The number of ether oxygens (including phenoxy) is 1. The van der Waals surface area contributed by atoms with Crippen LogP contribution >= 0.6 is 0 Å². The summed E-state index contributed by atoms with van der Waals surface area (Å²) in [6.45, 7) is 2.44. The molecule has 3 heterocycles. The van der Waals surface area contributed by atoms with E-state index in [-0.39, 0.29) is 17.9 Å².